The monoisotopic (exact) mass is 342 g/mol. The highest BCUT2D eigenvalue weighted by Gasteiger charge is 2.09. The summed E-state index contributed by atoms with van der Waals surface area (Å²) >= 11 is 1.48. The molecule has 124 valence electrons. The molecule has 0 saturated heterocycles. The summed E-state index contributed by atoms with van der Waals surface area (Å²) in [6, 6.07) is 15.5. The number of thioether (sulfide) groups is 1. The second-order valence-electron chi connectivity index (χ2n) is 5.12. The van der Waals surface area contributed by atoms with Gasteiger partial charge < -0.3 is 13.9 Å². The van der Waals surface area contributed by atoms with E-state index in [2.05, 4.69) is 10.2 Å². The van der Waals surface area contributed by atoms with Gasteiger partial charge in [0.25, 0.3) is 5.22 Å². The predicted octanol–water partition coefficient (Wildman–Crippen LogP) is 4.22. The highest BCUT2D eigenvalue weighted by atomic mass is 32.2. The minimum absolute atomic E-state index is 0.500. The fourth-order valence-electron chi connectivity index (χ4n) is 2.11. The molecular weight excluding hydrogens is 324 g/mol. The molecule has 1 aromatic heterocycles. The van der Waals surface area contributed by atoms with Crippen molar-refractivity contribution in [3.8, 4) is 23.0 Å². The minimum atomic E-state index is 0.500. The summed E-state index contributed by atoms with van der Waals surface area (Å²) in [5, 5.41) is 8.66. The van der Waals surface area contributed by atoms with Crippen molar-refractivity contribution in [1.29, 1.82) is 0 Å². The first kappa shape index (κ1) is 16.4. The Bertz CT molecular complexity index is 787. The Morgan fingerprint density at radius 1 is 1.04 bits per heavy atom. The van der Waals surface area contributed by atoms with Crippen molar-refractivity contribution >= 4 is 11.8 Å². The van der Waals surface area contributed by atoms with Crippen LogP contribution in [0.25, 0.3) is 11.5 Å². The van der Waals surface area contributed by atoms with Crippen LogP contribution < -0.4 is 9.47 Å². The normalized spacial score (nSPS) is 10.6. The van der Waals surface area contributed by atoms with Crippen LogP contribution in [-0.4, -0.2) is 29.7 Å². The average Bonchev–Trinajstić information content (AvgIpc) is 3.08. The van der Waals surface area contributed by atoms with Gasteiger partial charge in [0.15, 0.2) is 0 Å². The Hall–Kier alpha value is -2.47. The number of rotatable bonds is 7. The quantitative estimate of drug-likeness (QED) is 0.473. The van der Waals surface area contributed by atoms with Gasteiger partial charge in [-0.3, -0.25) is 0 Å². The molecule has 0 radical (unpaired) electrons. The number of nitrogens with zero attached hydrogens (tertiary/aromatic N) is 2. The summed E-state index contributed by atoms with van der Waals surface area (Å²) in [5.41, 5.74) is 2.05. The maximum absolute atomic E-state index is 5.70. The topological polar surface area (TPSA) is 57.4 Å². The number of methoxy groups -OCH3 is 1. The van der Waals surface area contributed by atoms with Crippen molar-refractivity contribution < 1.29 is 13.9 Å². The van der Waals surface area contributed by atoms with Crippen molar-refractivity contribution in [2.75, 3.05) is 19.5 Å². The molecule has 0 spiro atoms. The van der Waals surface area contributed by atoms with Gasteiger partial charge in [-0.25, -0.2) is 0 Å². The predicted molar refractivity (Wildman–Crippen MR) is 93.7 cm³/mol. The lowest BCUT2D eigenvalue weighted by atomic mass is 10.2. The van der Waals surface area contributed by atoms with E-state index in [0.717, 1.165) is 22.8 Å². The van der Waals surface area contributed by atoms with E-state index in [0.29, 0.717) is 17.7 Å². The van der Waals surface area contributed by atoms with Gasteiger partial charge in [0.1, 0.15) is 11.5 Å². The van der Waals surface area contributed by atoms with Crippen molar-refractivity contribution in [2.24, 2.45) is 0 Å². The van der Waals surface area contributed by atoms with Gasteiger partial charge in [0, 0.05) is 11.3 Å². The van der Waals surface area contributed by atoms with Crippen LogP contribution >= 0.6 is 11.8 Å². The molecule has 0 aliphatic rings. The molecule has 5 nitrogen and oxygen atoms in total. The average molecular weight is 342 g/mol. The van der Waals surface area contributed by atoms with Gasteiger partial charge in [-0.1, -0.05) is 23.9 Å². The number of ether oxygens (including phenoxy) is 2. The summed E-state index contributed by atoms with van der Waals surface area (Å²) in [4.78, 5) is 0. The van der Waals surface area contributed by atoms with E-state index >= 15 is 0 Å². The molecule has 0 aliphatic carbocycles. The molecule has 3 rings (SSSR count). The zero-order valence-electron chi connectivity index (χ0n) is 13.6. The number of aryl methyl sites for hydroxylation is 1. The Morgan fingerprint density at radius 2 is 1.88 bits per heavy atom. The third-order valence-corrected chi connectivity index (χ3v) is 4.09. The van der Waals surface area contributed by atoms with E-state index in [1.54, 1.807) is 7.11 Å². The second-order valence-corrected chi connectivity index (χ2v) is 6.16. The molecule has 0 fully saturated rings. The second kappa shape index (κ2) is 7.88. The zero-order chi connectivity index (χ0) is 16.8. The molecule has 0 amide bonds. The third-order valence-electron chi connectivity index (χ3n) is 3.31. The molecule has 0 unspecified atom stereocenters. The van der Waals surface area contributed by atoms with Crippen LogP contribution in [0, 0.1) is 6.92 Å². The molecule has 6 heteroatoms. The van der Waals surface area contributed by atoms with Gasteiger partial charge in [-0.15, -0.1) is 10.2 Å². The van der Waals surface area contributed by atoms with E-state index < -0.39 is 0 Å². The molecule has 2 aromatic carbocycles. The summed E-state index contributed by atoms with van der Waals surface area (Å²) < 4.78 is 16.5. The molecule has 3 aromatic rings. The molecule has 1 heterocycles. The van der Waals surface area contributed by atoms with Crippen LogP contribution in [-0.2, 0) is 0 Å². The maximum atomic E-state index is 5.70. The smallest absolute Gasteiger partial charge is 0.276 e. The van der Waals surface area contributed by atoms with Crippen molar-refractivity contribution in [3.05, 3.63) is 54.1 Å². The van der Waals surface area contributed by atoms with E-state index in [1.807, 2.05) is 55.5 Å². The summed E-state index contributed by atoms with van der Waals surface area (Å²) in [5.74, 6) is 2.90. The Morgan fingerprint density at radius 3 is 2.62 bits per heavy atom. The highest BCUT2D eigenvalue weighted by molar-refractivity contribution is 7.99. The van der Waals surface area contributed by atoms with E-state index in [1.165, 1.54) is 17.3 Å². The van der Waals surface area contributed by atoms with Gasteiger partial charge in [0.05, 0.1) is 13.7 Å². The maximum Gasteiger partial charge on any atom is 0.276 e. The number of benzene rings is 2. The van der Waals surface area contributed by atoms with Crippen LogP contribution in [0.1, 0.15) is 5.56 Å². The fraction of sp³-hybridized carbons (Fsp3) is 0.222. The van der Waals surface area contributed by atoms with Crippen molar-refractivity contribution in [2.45, 2.75) is 12.1 Å². The number of hydrogen-bond acceptors (Lipinski definition) is 6. The molecule has 0 atom stereocenters. The Labute approximate surface area is 145 Å². The van der Waals surface area contributed by atoms with Gasteiger partial charge in [-0.05, 0) is 48.9 Å². The van der Waals surface area contributed by atoms with Crippen LogP contribution in [0.15, 0.2) is 58.2 Å². The van der Waals surface area contributed by atoms with Gasteiger partial charge in [-0.2, -0.15) is 0 Å². The summed E-state index contributed by atoms with van der Waals surface area (Å²) in [6.45, 7) is 2.62. The van der Waals surface area contributed by atoms with Gasteiger partial charge in [0.2, 0.25) is 5.89 Å². The van der Waals surface area contributed by atoms with E-state index in [9.17, 15) is 0 Å². The molecule has 0 bridgehead atoms. The molecule has 24 heavy (non-hydrogen) atoms. The standard InChI is InChI=1S/C18H18N2O3S/c1-13-4-3-5-16(12-13)22-10-11-24-18-20-19-17(23-18)14-6-8-15(21-2)9-7-14/h3-9,12H,10-11H2,1-2H3. The molecule has 0 aliphatic heterocycles. The van der Waals surface area contributed by atoms with E-state index in [-0.39, 0.29) is 0 Å². The lowest BCUT2D eigenvalue weighted by Crippen LogP contribution is -2.00. The van der Waals surface area contributed by atoms with Gasteiger partial charge >= 0.3 is 0 Å². The largest absolute Gasteiger partial charge is 0.497 e. The van der Waals surface area contributed by atoms with Crippen molar-refractivity contribution in [1.82, 2.24) is 10.2 Å². The zero-order valence-corrected chi connectivity index (χ0v) is 14.4. The van der Waals surface area contributed by atoms with Crippen LogP contribution in [0.4, 0.5) is 0 Å². The van der Waals surface area contributed by atoms with Crippen LogP contribution in [0.5, 0.6) is 11.5 Å². The summed E-state index contributed by atoms with van der Waals surface area (Å²) in [7, 11) is 1.63. The lowest BCUT2D eigenvalue weighted by Gasteiger charge is -2.05. The number of hydrogen-bond donors (Lipinski definition) is 0. The molecule has 0 N–H and O–H groups in total. The van der Waals surface area contributed by atoms with Crippen LogP contribution in [0.2, 0.25) is 0 Å². The molecular formula is C18H18N2O3S. The minimum Gasteiger partial charge on any atom is -0.497 e. The first-order chi connectivity index (χ1) is 11.7. The lowest BCUT2D eigenvalue weighted by molar-refractivity contribution is 0.343. The first-order valence-electron chi connectivity index (χ1n) is 7.55. The fourth-order valence-corrected chi connectivity index (χ4v) is 2.69. The first-order valence-corrected chi connectivity index (χ1v) is 8.53. The Kier molecular flexibility index (Phi) is 5.38. The third kappa shape index (κ3) is 4.29. The number of aromatic nitrogens is 2. The SMILES string of the molecule is COc1ccc(-c2nnc(SCCOc3cccc(C)c3)o2)cc1. The van der Waals surface area contributed by atoms with E-state index in [4.69, 9.17) is 13.9 Å². The van der Waals surface area contributed by atoms with Crippen LogP contribution in [0.3, 0.4) is 0 Å². The molecule has 0 saturated carbocycles. The highest BCUT2D eigenvalue weighted by Crippen LogP contribution is 2.25. The summed E-state index contributed by atoms with van der Waals surface area (Å²) in [6.07, 6.45) is 0. The Balaban J connectivity index is 1.50. The van der Waals surface area contributed by atoms with Crippen molar-refractivity contribution in [3.63, 3.8) is 0 Å².